The van der Waals surface area contributed by atoms with Crippen LogP contribution < -0.4 is 14.8 Å². The second-order valence-corrected chi connectivity index (χ2v) is 9.19. The Morgan fingerprint density at radius 1 is 1.03 bits per heavy atom. The summed E-state index contributed by atoms with van der Waals surface area (Å²) in [6, 6.07) is 20.2. The van der Waals surface area contributed by atoms with E-state index < -0.39 is 10.0 Å². The predicted octanol–water partition coefficient (Wildman–Crippen LogP) is 4.45. The highest BCUT2D eigenvalue weighted by molar-refractivity contribution is 7.95. The molecule has 0 amide bonds. The quantitative estimate of drug-likeness (QED) is 0.590. The summed E-state index contributed by atoms with van der Waals surface area (Å²) >= 11 is 0. The van der Waals surface area contributed by atoms with Crippen LogP contribution in [0.1, 0.15) is 24.0 Å². The molecule has 2 N–H and O–H groups in total. The van der Waals surface area contributed by atoms with Crippen molar-refractivity contribution in [3.8, 4) is 5.75 Å². The van der Waals surface area contributed by atoms with E-state index >= 15 is 0 Å². The van der Waals surface area contributed by atoms with Crippen LogP contribution in [0.3, 0.4) is 0 Å². The van der Waals surface area contributed by atoms with E-state index in [0.29, 0.717) is 12.1 Å². The van der Waals surface area contributed by atoms with Crippen LogP contribution in [0, 0.1) is 0 Å². The van der Waals surface area contributed by atoms with Crippen LogP contribution in [-0.2, 0) is 16.4 Å². The number of hydrogen-bond acceptors (Lipinski definition) is 4. The normalized spacial score (nSPS) is 15.1. The molecule has 0 aromatic heterocycles. The maximum absolute atomic E-state index is 11.9. The summed E-state index contributed by atoms with van der Waals surface area (Å²) in [6.45, 7) is 5.20. The van der Waals surface area contributed by atoms with E-state index in [2.05, 4.69) is 46.9 Å². The molecule has 1 fully saturated rings. The second-order valence-electron chi connectivity index (χ2n) is 7.56. The summed E-state index contributed by atoms with van der Waals surface area (Å²) in [5, 5.41) is 6.66. The number of anilines is 1. The molecule has 0 spiro atoms. The molecule has 156 valence electrons. The molecule has 3 aromatic rings. The van der Waals surface area contributed by atoms with E-state index in [9.17, 15) is 8.42 Å². The Hall–Kier alpha value is -2.83. The predicted molar refractivity (Wildman–Crippen MR) is 122 cm³/mol. The van der Waals surface area contributed by atoms with E-state index in [1.807, 2.05) is 18.2 Å². The fourth-order valence-corrected chi connectivity index (χ4v) is 4.28. The molecule has 0 unspecified atom stereocenters. The first-order chi connectivity index (χ1) is 14.5. The molecule has 1 aliphatic heterocycles. The van der Waals surface area contributed by atoms with Crippen molar-refractivity contribution >= 4 is 26.5 Å². The number of nitrogens with one attached hydrogen (secondary N) is 2. The molecule has 1 saturated heterocycles. The largest absolute Gasteiger partial charge is 0.490 e. The number of ether oxygens (including phenoxy) is 1. The van der Waals surface area contributed by atoms with Crippen molar-refractivity contribution in [3.63, 3.8) is 0 Å². The number of fused-ring (bicyclic) bond motifs is 1. The fourth-order valence-electron chi connectivity index (χ4n) is 3.74. The number of sulfonamides is 1. The van der Waals surface area contributed by atoms with Crippen LogP contribution >= 0.6 is 0 Å². The van der Waals surface area contributed by atoms with Crippen molar-refractivity contribution < 1.29 is 13.2 Å². The number of hydrogen-bond donors (Lipinski definition) is 2. The standard InChI is InChI=1S/C24H26N2O3S/c1-2-30(27,28)26-22-10-9-21(24(17-22)29-23-11-13-25-14-12-23)16-18-7-8-19-5-3-4-6-20(19)15-18/h2-10,15,17,23,25-26H,1,11-14,16H2. The smallest absolute Gasteiger partial charge is 0.254 e. The Balaban J connectivity index is 1.64. The average Bonchev–Trinajstić information content (AvgIpc) is 2.76. The molecule has 6 heteroatoms. The minimum atomic E-state index is -3.57. The molecular weight excluding hydrogens is 396 g/mol. The van der Waals surface area contributed by atoms with Gasteiger partial charge in [0.25, 0.3) is 10.0 Å². The molecule has 0 atom stereocenters. The Morgan fingerprint density at radius 2 is 1.80 bits per heavy atom. The van der Waals surface area contributed by atoms with Crippen LogP contribution in [0.25, 0.3) is 10.8 Å². The van der Waals surface area contributed by atoms with Gasteiger partial charge in [-0.15, -0.1) is 0 Å². The molecular formula is C24H26N2O3S. The molecule has 3 aromatic carbocycles. The molecule has 4 rings (SSSR count). The van der Waals surface area contributed by atoms with Gasteiger partial charge in [0.15, 0.2) is 0 Å². The maximum atomic E-state index is 11.9. The van der Waals surface area contributed by atoms with Crippen LogP contribution in [0.15, 0.2) is 72.7 Å². The summed E-state index contributed by atoms with van der Waals surface area (Å²) in [4.78, 5) is 0. The van der Waals surface area contributed by atoms with E-state index in [0.717, 1.165) is 42.7 Å². The molecule has 0 radical (unpaired) electrons. The molecule has 5 nitrogen and oxygen atoms in total. The highest BCUT2D eigenvalue weighted by atomic mass is 32.2. The number of piperidine rings is 1. The summed E-state index contributed by atoms with van der Waals surface area (Å²) in [7, 11) is -3.57. The third-order valence-corrected chi connectivity index (χ3v) is 6.29. The molecule has 1 heterocycles. The third-order valence-electron chi connectivity index (χ3n) is 5.33. The first-order valence-electron chi connectivity index (χ1n) is 10.2. The van der Waals surface area contributed by atoms with Gasteiger partial charge >= 0.3 is 0 Å². The zero-order chi connectivity index (χ0) is 21.0. The van der Waals surface area contributed by atoms with Crippen molar-refractivity contribution in [2.24, 2.45) is 0 Å². The third kappa shape index (κ3) is 5.01. The number of benzene rings is 3. The van der Waals surface area contributed by atoms with Gasteiger partial charge in [-0.25, -0.2) is 8.42 Å². The van der Waals surface area contributed by atoms with Crippen molar-refractivity contribution in [3.05, 3.63) is 83.8 Å². The van der Waals surface area contributed by atoms with Crippen LogP contribution in [0.2, 0.25) is 0 Å². The monoisotopic (exact) mass is 422 g/mol. The lowest BCUT2D eigenvalue weighted by atomic mass is 10.00. The molecule has 30 heavy (non-hydrogen) atoms. The average molecular weight is 423 g/mol. The topological polar surface area (TPSA) is 67.4 Å². The van der Waals surface area contributed by atoms with E-state index in [1.54, 1.807) is 12.1 Å². The van der Waals surface area contributed by atoms with Gasteiger partial charge in [-0.2, -0.15) is 0 Å². The zero-order valence-corrected chi connectivity index (χ0v) is 17.6. The first-order valence-corrected chi connectivity index (χ1v) is 11.7. The lowest BCUT2D eigenvalue weighted by molar-refractivity contribution is 0.161. The van der Waals surface area contributed by atoms with E-state index in [4.69, 9.17) is 4.74 Å². The van der Waals surface area contributed by atoms with Gasteiger partial charge in [-0.05, 0) is 53.9 Å². The highest BCUT2D eigenvalue weighted by Crippen LogP contribution is 2.29. The molecule has 0 saturated carbocycles. The Kier molecular flexibility index (Phi) is 6.06. The van der Waals surface area contributed by atoms with Gasteiger partial charge in [-0.1, -0.05) is 55.1 Å². The van der Waals surface area contributed by atoms with Crippen LogP contribution in [0.5, 0.6) is 5.75 Å². The van der Waals surface area contributed by atoms with E-state index in [1.165, 1.54) is 16.3 Å². The lowest BCUT2D eigenvalue weighted by Gasteiger charge is -2.25. The van der Waals surface area contributed by atoms with Crippen molar-refractivity contribution in [1.82, 2.24) is 5.32 Å². The minimum absolute atomic E-state index is 0.118. The van der Waals surface area contributed by atoms with Gasteiger partial charge in [0.2, 0.25) is 0 Å². The Morgan fingerprint density at radius 3 is 2.57 bits per heavy atom. The summed E-state index contributed by atoms with van der Waals surface area (Å²) in [6.07, 6.45) is 2.68. The molecule has 0 bridgehead atoms. The fraction of sp³-hybridized carbons (Fsp3) is 0.250. The highest BCUT2D eigenvalue weighted by Gasteiger charge is 2.17. The number of rotatable bonds is 7. The van der Waals surface area contributed by atoms with Gasteiger partial charge in [0.05, 0.1) is 5.69 Å². The van der Waals surface area contributed by atoms with Gasteiger partial charge in [0.1, 0.15) is 11.9 Å². The Bertz CT molecular complexity index is 1150. The SMILES string of the molecule is C=CS(=O)(=O)Nc1ccc(Cc2ccc3ccccc3c2)c(OC2CCNCC2)c1. The van der Waals surface area contributed by atoms with Gasteiger partial charge in [0, 0.05) is 17.9 Å². The van der Waals surface area contributed by atoms with E-state index in [-0.39, 0.29) is 6.10 Å². The second kappa shape index (κ2) is 8.90. The molecule has 1 aliphatic rings. The Labute approximate surface area is 177 Å². The maximum Gasteiger partial charge on any atom is 0.254 e. The lowest BCUT2D eigenvalue weighted by Crippen LogP contribution is -2.34. The molecule has 0 aliphatic carbocycles. The van der Waals surface area contributed by atoms with Crippen molar-refractivity contribution in [1.29, 1.82) is 0 Å². The minimum Gasteiger partial charge on any atom is -0.490 e. The van der Waals surface area contributed by atoms with Crippen molar-refractivity contribution in [2.75, 3.05) is 17.8 Å². The summed E-state index contributed by atoms with van der Waals surface area (Å²) < 4.78 is 32.6. The first kappa shape index (κ1) is 20.4. The van der Waals surface area contributed by atoms with Crippen molar-refractivity contribution in [2.45, 2.75) is 25.4 Å². The summed E-state index contributed by atoms with van der Waals surface area (Å²) in [5.74, 6) is 0.722. The van der Waals surface area contributed by atoms with Gasteiger partial charge < -0.3 is 10.1 Å². The van der Waals surface area contributed by atoms with Crippen LogP contribution in [-0.4, -0.2) is 27.6 Å². The van der Waals surface area contributed by atoms with Gasteiger partial charge in [-0.3, -0.25) is 4.72 Å². The summed E-state index contributed by atoms with van der Waals surface area (Å²) in [5.41, 5.74) is 2.69. The zero-order valence-electron chi connectivity index (χ0n) is 16.8. The van der Waals surface area contributed by atoms with Crippen LogP contribution in [0.4, 0.5) is 5.69 Å².